The Hall–Kier alpha value is -1.88. The average molecular weight is 306 g/mol. The SMILES string of the molecule is CC(C)CC(=O)Nc1ccc(CC(=O)NC(C)(C)CO)cc1. The standard InChI is InChI=1S/C17H26N2O3/c1-12(2)9-15(21)18-14-7-5-13(6-8-14)10-16(22)19-17(3,4)11-20/h5-8,12,20H,9-11H2,1-4H3,(H,18,21)(H,19,22). The summed E-state index contributed by atoms with van der Waals surface area (Å²) in [7, 11) is 0. The first-order valence-electron chi connectivity index (χ1n) is 7.52. The first-order chi connectivity index (χ1) is 10.2. The maximum Gasteiger partial charge on any atom is 0.224 e. The minimum absolute atomic E-state index is 0.00908. The molecule has 0 fully saturated rings. The summed E-state index contributed by atoms with van der Waals surface area (Å²) in [5, 5.41) is 14.7. The third kappa shape index (κ3) is 6.72. The number of amides is 2. The van der Waals surface area contributed by atoms with Gasteiger partial charge in [-0.15, -0.1) is 0 Å². The monoisotopic (exact) mass is 306 g/mol. The van der Waals surface area contributed by atoms with Gasteiger partial charge in [-0.2, -0.15) is 0 Å². The molecule has 0 unspecified atom stereocenters. The molecule has 1 aromatic rings. The summed E-state index contributed by atoms with van der Waals surface area (Å²) >= 11 is 0. The van der Waals surface area contributed by atoms with Crippen molar-refractivity contribution in [3.63, 3.8) is 0 Å². The molecule has 5 heteroatoms. The summed E-state index contributed by atoms with van der Waals surface area (Å²) in [6.07, 6.45) is 0.726. The number of carbonyl (C=O) groups excluding carboxylic acids is 2. The lowest BCUT2D eigenvalue weighted by molar-refractivity contribution is -0.122. The molecule has 0 radical (unpaired) electrons. The van der Waals surface area contributed by atoms with Crippen molar-refractivity contribution >= 4 is 17.5 Å². The minimum atomic E-state index is -0.623. The Bertz CT molecular complexity index is 507. The number of hydrogen-bond donors (Lipinski definition) is 3. The van der Waals surface area contributed by atoms with Gasteiger partial charge in [0.1, 0.15) is 0 Å². The molecule has 0 saturated heterocycles. The Labute approximate surface area is 132 Å². The van der Waals surface area contributed by atoms with Gasteiger partial charge in [-0.3, -0.25) is 9.59 Å². The molecule has 1 aromatic carbocycles. The highest BCUT2D eigenvalue weighted by molar-refractivity contribution is 5.90. The molecular weight excluding hydrogens is 280 g/mol. The van der Waals surface area contributed by atoms with Gasteiger partial charge in [0.05, 0.1) is 18.6 Å². The van der Waals surface area contributed by atoms with Gasteiger partial charge in [0.2, 0.25) is 11.8 Å². The third-order valence-corrected chi connectivity index (χ3v) is 3.07. The number of rotatable bonds is 7. The van der Waals surface area contributed by atoms with Gasteiger partial charge >= 0.3 is 0 Å². The number of hydrogen-bond acceptors (Lipinski definition) is 3. The highest BCUT2D eigenvalue weighted by atomic mass is 16.3. The second-order valence-corrected chi connectivity index (χ2v) is 6.61. The van der Waals surface area contributed by atoms with E-state index in [1.54, 1.807) is 26.0 Å². The first-order valence-corrected chi connectivity index (χ1v) is 7.52. The molecule has 122 valence electrons. The number of benzene rings is 1. The number of anilines is 1. The van der Waals surface area contributed by atoms with E-state index in [0.29, 0.717) is 12.3 Å². The lowest BCUT2D eigenvalue weighted by Gasteiger charge is -2.23. The van der Waals surface area contributed by atoms with Crippen LogP contribution in [0.1, 0.15) is 39.7 Å². The Morgan fingerprint density at radius 1 is 1.14 bits per heavy atom. The van der Waals surface area contributed by atoms with Crippen molar-refractivity contribution in [1.82, 2.24) is 5.32 Å². The molecule has 0 aromatic heterocycles. The number of carbonyl (C=O) groups is 2. The third-order valence-electron chi connectivity index (χ3n) is 3.07. The van der Waals surface area contributed by atoms with Crippen LogP contribution in [0.15, 0.2) is 24.3 Å². The molecule has 0 aliphatic heterocycles. The summed E-state index contributed by atoms with van der Waals surface area (Å²) in [6.45, 7) is 7.40. The Kier molecular flexibility index (Phi) is 6.56. The van der Waals surface area contributed by atoms with Gasteiger partial charge in [0.15, 0.2) is 0 Å². The summed E-state index contributed by atoms with van der Waals surface area (Å²) in [6, 6.07) is 7.21. The van der Waals surface area contributed by atoms with Crippen molar-refractivity contribution < 1.29 is 14.7 Å². The lowest BCUT2D eigenvalue weighted by atomic mass is 10.1. The normalized spacial score (nSPS) is 11.4. The van der Waals surface area contributed by atoms with Gasteiger partial charge < -0.3 is 15.7 Å². The molecule has 0 bridgehead atoms. The molecule has 0 saturated carbocycles. The second kappa shape index (κ2) is 7.94. The predicted molar refractivity (Wildman–Crippen MR) is 87.5 cm³/mol. The van der Waals surface area contributed by atoms with E-state index in [9.17, 15) is 9.59 Å². The number of aliphatic hydroxyl groups is 1. The van der Waals surface area contributed by atoms with E-state index in [0.717, 1.165) is 11.3 Å². The highest BCUT2D eigenvalue weighted by Gasteiger charge is 2.18. The van der Waals surface area contributed by atoms with Crippen LogP contribution >= 0.6 is 0 Å². The average Bonchev–Trinajstić information content (AvgIpc) is 2.39. The van der Waals surface area contributed by atoms with Crippen molar-refractivity contribution in [3.05, 3.63) is 29.8 Å². The molecule has 1 rings (SSSR count). The molecule has 2 amide bonds. The van der Waals surface area contributed by atoms with Crippen LogP contribution in [0.25, 0.3) is 0 Å². The van der Waals surface area contributed by atoms with E-state index in [1.165, 1.54) is 0 Å². The van der Waals surface area contributed by atoms with Gasteiger partial charge in [0.25, 0.3) is 0 Å². The van der Waals surface area contributed by atoms with Crippen LogP contribution in [0.3, 0.4) is 0 Å². The Balaban J connectivity index is 2.55. The van der Waals surface area contributed by atoms with Crippen LogP contribution in [0, 0.1) is 5.92 Å². The fraction of sp³-hybridized carbons (Fsp3) is 0.529. The van der Waals surface area contributed by atoms with Crippen molar-refractivity contribution in [2.24, 2.45) is 5.92 Å². The van der Waals surface area contributed by atoms with Crippen molar-refractivity contribution in [2.45, 2.75) is 46.1 Å². The fourth-order valence-electron chi connectivity index (χ4n) is 1.94. The number of nitrogens with one attached hydrogen (secondary N) is 2. The van der Waals surface area contributed by atoms with E-state index >= 15 is 0 Å². The first kappa shape index (κ1) is 18.2. The smallest absolute Gasteiger partial charge is 0.224 e. The zero-order chi connectivity index (χ0) is 16.8. The van der Waals surface area contributed by atoms with Crippen molar-refractivity contribution in [1.29, 1.82) is 0 Å². The van der Waals surface area contributed by atoms with Crippen molar-refractivity contribution in [2.75, 3.05) is 11.9 Å². The molecule has 0 heterocycles. The van der Waals surface area contributed by atoms with Crippen molar-refractivity contribution in [3.8, 4) is 0 Å². The van der Waals surface area contributed by atoms with E-state index in [2.05, 4.69) is 10.6 Å². The molecule has 0 spiro atoms. The lowest BCUT2D eigenvalue weighted by Crippen LogP contribution is -2.46. The van der Waals surface area contributed by atoms with Crippen LogP contribution in [-0.4, -0.2) is 29.1 Å². The molecular formula is C17H26N2O3. The zero-order valence-corrected chi connectivity index (χ0v) is 13.8. The molecule has 0 aliphatic carbocycles. The van der Waals surface area contributed by atoms with E-state index < -0.39 is 5.54 Å². The quantitative estimate of drug-likeness (QED) is 0.722. The summed E-state index contributed by atoms with van der Waals surface area (Å²) in [4.78, 5) is 23.6. The molecule has 3 N–H and O–H groups in total. The Morgan fingerprint density at radius 3 is 2.23 bits per heavy atom. The van der Waals surface area contributed by atoms with Gasteiger partial charge in [-0.05, 0) is 37.5 Å². The zero-order valence-electron chi connectivity index (χ0n) is 13.8. The molecule has 5 nitrogen and oxygen atoms in total. The largest absolute Gasteiger partial charge is 0.394 e. The van der Waals surface area contributed by atoms with Crippen LogP contribution in [0.5, 0.6) is 0 Å². The maximum absolute atomic E-state index is 11.9. The van der Waals surface area contributed by atoms with Crippen LogP contribution in [0.4, 0.5) is 5.69 Å². The van der Waals surface area contributed by atoms with E-state index in [4.69, 9.17) is 5.11 Å². The topological polar surface area (TPSA) is 78.4 Å². The van der Waals surface area contributed by atoms with E-state index in [-0.39, 0.29) is 24.8 Å². The fourth-order valence-corrected chi connectivity index (χ4v) is 1.94. The van der Waals surface area contributed by atoms with Gasteiger partial charge in [-0.25, -0.2) is 0 Å². The van der Waals surface area contributed by atoms with Crippen LogP contribution < -0.4 is 10.6 Å². The molecule has 22 heavy (non-hydrogen) atoms. The van der Waals surface area contributed by atoms with Crippen LogP contribution in [-0.2, 0) is 16.0 Å². The highest BCUT2D eigenvalue weighted by Crippen LogP contribution is 2.12. The van der Waals surface area contributed by atoms with Gasteiger partial charge in [-0.1, -0.05) is 26.0 Å². The van der Waals surface area contributed by atoms with E-state index in [1.807, 2.05) is 26.0 Å². The van der Waals surface area contributed by atoms with Crippen LogP contribution in [0.2, 0.25) is 0 Å². The predicted octanol–water partition coefficient (Wildman–Crippen LogP) is 2.10. The summed E-state index contributed by atoms with van der Waals surface area (Å²) in [5.41, 5.74) is 0.959. The second-order valence-electron chi connectivity index (χ2n) is 6.61. The maximum atomic E-state index is 11.9. The summed E-state index contributed by atoms with van der Waals surface area (Å²) < 4.78 is 0. The number of aliphatic hydroxyl groups excluding tert-OH is 1. The molecule has 0 atom stereocenters. The minimum Gasteiger partial charge on any atom is -0.394 e. The molecule has 0 aliphatic rings. The van der Waals surface area contributed by atoms with Gasteiger partial charge in [0, 0.05) is 12.1 Å². The Morgan fingerprint density at radius 2 is 1.73 bits per heavy atom. The summed E-state index contributed by atoms with van der Waals surface area (Å²) in [5.74, 6) is 0.165.